The van der Waals surface area contributed by atoms with E-state index in [1.165, 1.54) is 6.07 Å². The number of aromatic nitrogens is 2. The summed E-state index contributed by atoms with van der Waals surface area (Å²) in [7, 11) is 0. The van der Waals surface area contributed by atoms with Crippen LogP contribution < -0.4 is 16.6 Å². The third-order valence-corrected chi connectivity index (χ3v) is 4.78. The van der Waals surface area contributed by atoms with Crippen molar-refractivity contribution >= 4 is 24.0 Å². The number of benzene rings is 1. The largest absolute Gasteiger partial charge is 0.329 e. The van der Waals surface area contributed by atoms with Crippen LogP contribution in [0.25, 0.3) is 11.4 Å². The summed E-state index contributed by atoms with van der Waals surface area (Å²) in [6.45, 7) is 6.19. The average molecular weight is 379 g/mol. The van der Waals surface area contributed by atoms with Crippen LogP contribution in [-0.4, -0.2) is 22.4 Å². The van der Waals surface area contributed by atoms with E-state index in [0.29, 0.717) is 37.3 Å². The first-order valence-corrected chi connectivity index (χ1v) is 8.70. The molecule has 1 aromatic heterocycles. The fourth-order valence-corrected chi connectivity index (χ4v) is 2.79. The van der Waals surface area contributed by atoms with Crippen LogP contribution in [0.15, 0.2) is 35.1 Å². The molecule has 1 aromatic carbocycles. The van der Waals surface area contributed by atoms with E-state index in [9.17, 15) is 9.59 Å². The molecule has 142 valence electrons. The molecule has 1 heterocycles. The Labute approximate surface area is 160 Å². The van der Waals surface area contributed by atoms with Gasteiger partial charge in [0.1, 0.15) is 5.82 Å². The van der Waals surface area contributed by atoms with E-state index in [0.717, 1.165) is 11.3 Å². The fourth-order valence-electron chi connectivity index (χ4n) is 2.79. The number of nitrogens with one attached hydrogen (secondary N) is 2. The highest BCUT2D eigenvalue weighted by Crippen LogP contribution is 2.27. The Hall–Kier alpha value is -2.18. The van der Waals surface area contributed by atoms with Crippen molar-refractivity contribution in [3.8, 4) is 11.4 Å². The SMILES string of the molecule is CCc1cc(=O)[nH]c(-c2cccc(NC(=O)C(CC)(CC)CN)c2)n1.Cl. The van der Waals surface area contributed by atoms with E-state index < -0.39 is 5.41 Å². The summed E-state index contributed by atoms with van der Waals surface area (Å²) < 4.78 is 0. The molecule has 1 amide bonds. The second-order valence-corrected chi connectivity index (χ2v) is 6.17. The monoisotopic (exact) mass is 378 g/mol. The Bertz CT molecular complexity index is 792. The highest BCUT2D eigenvalue weighted by molar-refractivity contribution is 5.95. The van der Waals surface area contributed by atoms with Crippen LogP contribution in [0, 0.1) is 5.41 Å². The predicted molar refractivity (Wildman–Crippen MR) is 108 cm³/mol. The van der Waals surface area contributed by atoms with E-state index >= 15 is 0 Å². The number of rotatable bonds is 7. The Kier molecular flexibility index (Phi) is 7.99. The first-order valence-electron chi connectivity index (χ1n) is 8.70. The van der Waals surface area contributed by atoms with E-state index in [4.69, 9.17) is 5.73 Å². The molecule has 0 fully saturated rings. The molecule has 0 radical (unpaired) electrons. The molecule has 0 saturated carbocycles. The van der Waals surface area contributed by atoms with Crippen LogP contribution in [-0.2, 0) is 11.2 Å². The number of halogens is 1. The van der Waals surface area contributed by atoms with Crippen molar-refractivity contribution in [1.29, 1.82) is 0 Å². The quantitative estimate of drug-likeness (QED) is 0.688. The van der Waals surface area contributed by atoms with Crippen molar-refractivity contribution in [2.24, 2.45) is 11.1 Å². The second-order valence-electron chi connectivity index (χ2n) is 6.17. The molecule has 2 rings (SSSR count). The molecular formula is C19H27ClN4O2. The van der Waals surface area contributed by atoms with Gasteiger partial charge >= 0.3 is 0 Å². The highest BCUT2D eigenvalue weighted by Gasteiger charge is 2.33. The zero-order chi connectivity index (χ0) is 18.4. The summed E-state index contributed by atoms with van der Waals surface area (Å²) in [5.74, 6) is 0.414. The molecular weight excluding hydrogens is 352 g/mol. The zero-order valence-electron chi connectivity index (χ0n) is 15.5. The average Bonchev–Trinajstić information content (AvgIpc) is 2.63. The number of carbonyl (C=O) groups excluding carboxylic acids is 1. The Morgan fingerprint density at radius 1 is 1.23 bits per heavy atom. The van der Waals surface area contributed by atoms with Gasteiger partial charge in [-0.15, -0.1) is 12.4 Å². The van der Waals surface area contributed by atoms with Crippen molar-refractivity contribution in [1.82, 2.24) is 9.97 Å². The van der Waals surface area contributed by atoms with Crippen LogP contribution in [0.1, 0.15) is 39.3 Å². The normalized spacial score (nSPS) is 10.9. The number of hydrogen-bond donors (Lipinski definition) is 3. The number of nitrogens with two attached hydrogens (primary N) is 1. The maximum Gasteiger partial charge on any atom is 0.251 e. The predicted octanol–water partition coefficient (Wildman–Crippen LogP) is 3.12. The first kappa shape index (κ1) is 21.9. The number of H-pyrrole nitrogens is 1. The number of aromatic amines is 1. The number of nitrogens with zero attached hydrogens (tertiary/aromatic N) is 1. The van der Waals surface area contributed by atoms with Crippen molar-refractivity contribution < 1.29 is 4.79 Å². The molecule has 0 bridgehead atoms. The molecule has 0 unspecified atom stereocenters. The molecule has 7 heteroatoms. The summed E-state index contributed by atoms with van der Waals surface area (Å²) in [4.78, 5) is 31.6. The lowest BCUT2D eigenvalue weighted by molar-refractivity contribution is -0.125. The summed E-state index contributed by atoms with van der Waals surface area (Å²) in [5, 5.41) is 2.95. The van der Waals surface area contributed by atoms with Gasteiger partial charge in [0, 0.05) is 29.6 Å². The van der Waals surface area contributed by atoms with Crippen molar-refractivity contribution in [3.05, 3.63) is 46.4 Å². The second kappa shape index (κ2) is 9.50. The third kappa shape index (κ3) is 4.71. The van der Waals surface area contributed by atoms with Gasteiger partial charge in [0.15, 0.2) is 0 Å². The van der Waals surface area contributed by atoms with Crippen LogP contribution in [0.5, 0.6) is 0 Å². The van der Waals surface area contributed by atoms with Crippen molar-refractivity contribution in [2.75, 3.05) is 11.9 Å². The molecule has 26 heavy (non-hydrogen) atoms. The third-order valence-electron chi connectivity index (χ3n) is 4.78. The lowest BCUT2D eigenvalue weighted by Gasteiger charge is -2.28. The lowest BCUT2D eigenvalue weighted by Crippen LogP contribution is -2.41. The van der Waals surface area contributed by atoms with Gasteiger partial charge in [-0.25, -0.2) is 4.98 Å². The van der Waals surface area contributed by atoms with Crippen LogP contribution in [0.3, 0.4) is 0 Å². The van der Waals surface area contributed by atoms with Crippen molar-refractivity contribution in [2.45, 2.75) is 40.0 Å². The van der Waals surface area contributed by atoms with E-state index in [1.807, 2.05) is 45.0 Å². The summed E-state index contributed by atoms with van der Waals surface area (Å²) in [6, 6.07) is 8.79. The molecule has 0 aliphatic carbocycles. The highest BCUT2D eigenvalue weighted by atomic mass is 35.5. The maximum absolute atomic E-state index is 12.7. The summed E-state index contributed by atoms with van der Waals surface area (Å²) >= 11 is 0. The van der Waals surface area contributed by atoms with E-state index in [2.05, 4.69) is 15.3 Å². The van der Waals surface area contributed by atoms with Gasteiger partial charge in [-0.3, -0.25) is 9.59 Å². The van der Waals surface area contributed by atoms with Gasteiger partial charge < -0.3 is 16.0 Å². The first-order chi connectivity index (χ1) is 12.0. The molecule has 0 atom stereocenters. The van der Waals surface area contributed by atoms with Gasteiger partial charge in [0.25, 0.3) is 5.56 Å². The fraction of sp³-hybridized carbons (Fsp3) is 0.421. The number of carbonyl (C=O) groups is 1. The van der Waals surface area contributed by atoms with Gasteiger partial charge in [-0.2, -0.15) is 0 Å². The van der Waals surface area contributed by atoms with E-state index in [1.54, 1.807) is 0 Å². The number of aryl methyl sites for hydroxylation is 1. The number of amides is 1. The summed E-state index contributed by atoms with van der Waals surface area (Å²) in [5.41, 5.74) is 7.23. The van der Waals surface area contributed by atoms with Crippen LogP contribution in [0.4, 0.5) is 5.69 Å². The minimum atomic E-state index is -0.565. The van der Waals surface area contributed by atoms with Gasteiger partial charge in [0.05, 0.1) is 5.41 Å². The molecule has 6 nitrogen and oxygen atoms in total. The smallest absolute Gasteiger partial charge is 0.251 e. The standard InChI is InChI=1S/C19H26N4O2.ClH/c1-4-14-11-16(24)23-17(21-14)13-8-7-9-15(10-13)22-18(25)19(5-2,6-3)12-20;/h7-11H,4-6,12,20H2,1-3H3,(H,22,25)(H,21,23,24);1H. The Morgan fingerprint density at radius 2 is 1.92 bits per heavy atom. The lowest BCUT2D eigenvalue weighted by atomic mass is 9.81. The Balaban J connectivity index is 0.00000338. The van der Waals surface area contributed by atoms with Crippen molar-refractivity contribution in [3.63, 3.8) is 0 Å². The van der Waals surface area contributed by atoms with Gasteiger partial charge in [-0.05, 0) is 31.4 Å². The van der Waals surface area contributed by atoms with Crippen LogP contribution in [0.2, 0.25) is 0 Å². The van der Waals surface area contributed by atoms with Gasteiger partial charge in [-0.1, -0.05) is 32.9 Å². The molecule has 0 aliphatic heterocycles. The summed E-state index contributed by atoms with van der Waals surface area (Å²) in [6.07, 6.45) is 2.04. The van der Waals surface area contributed by atoms with Crippen LogP contribution >= 0.6 is 12.4 Å². The minimum Gasteiger partial charge on any atom is -0.329 e. The maximum atomic E-state index is 12.7. The number of hydrogen-bond acceptors (Lipinski definition) is 4. The molecule has 2 aromatic rings. The topological polar surface area (TPSA) is 101 Å². The Morgan fingerprint density at radius 3 is 2.50 bits per heavy atom. The van der Waals surface area contributed by atoms with E-state index in [-0.39, 0.29) is 23.9 Å². The van der Waals surface area contributed by atoms with Gasteiger partial charge in [0.2, 0.25) is 5.91 Å². The molecule has 4 N–H and O–H groups in total. The minimum absolute atomic E-state index is 0. The molecule has 0 saturated heterocycles. The molecule has 0 aliphatic rings. The zero-order valence-corrected chi connectivity index (χ0v) is 16.3. The molecule has 0 spiro atoms. The number of anilines is 1.